The smallest absolute Gasteiger partial charge is 0.320 e. The Hall–Kier alpha value is -5.14. The third-order valence-electron chi connectivity index (χ3n) is 5.74. The van der Waals surface area contributed by atoms with Gasteiger partial charge in [0.05, 0.1) is 21.2 Å². The molecule has 0 fully saturated rings. The molecule has 0 aromatic heterocycles. The van der Waals surface area contributed by atoms with Crippen molar-refractivity contribution in [3.8, 4) is 11.5 Å². The molecule has 0 radical (unpaired) electrons. The zero-order chi connectivity index (χ0) is 26.7. The van der Waals surface area contributed by atoms with Gasteiger partial charge in [0.2, 0.25) is 6.79 Å². The monoisotopic (exact) mass is 510 g/mol. The number of nitrogens with zero attached hydrogens (tertiary/aromatic N) is 2. The highest BCUT2D eigenvalue weighted by Crippen LogP contribution is 2.29. The molecule has 4 amide bonds. The maximum absolute atomic E-state index is 11.8. The molecule has 2 atom stereocenters. The van der Waals surface area contributed by atoms with Crippen molar-refractivity contribution in [2.75, 3.05) is 6.79 Å². The number of nitrogens with one attached hydrogen (secondary N) is 4. The van der Waals surface area contributed by atoms with Gasteiger partial charge in [-0.3, -0.25) is 20.2 Å². The number of urea groups is 2. The Morgan fingerprint density at radius 2 is 1.05 bits per heavy atom. The van der Waals surface area contributed by atoms with Crippen LogP contribution in [0.2, 0.25) is 0 Å². The molecule has 0 saturated carbocycles. The average molecular weight is 510 g/mol. The number of carbonyl (C=O) groups is 2. The second-order valence-corrected chi connectivity index (χ2v) is 8.14. The van der Waals surface area contributed by atoms with Crippen LogP contribution in [0.4, 0.5) is 9.59 Å². The first-order valence-corrected chi connectivity index (χ1v) is 10.9. The van der Waals surface area contributed by atoms with E-state index in [9.17, 15) is 29.8 Å². The molecule has 14 heteroatoms. The van der Waals surface area contributed by atoms with Crippen molar-refractivity contribution < 1.29 is 28.9 Å². The van der Waals surface area contributed by atoms with E-state index >= 15 is 0 Å². The van der Waals surface area contributed by atoms with Crippen LogP contribution in [-0.2, 0) is 0 Å². The third kappa shape index (κ3) is 5.42. The highest BCUT2D eigenvalue weighted by atomic mass is 16.7. The highest BCUT2D eigenvalue weighted by molar-refractivity contribution is 5.79. The van der Waals surface area contributed by atoms with Crippen LogP contribution >= 0.6 is 0 Å². The van der Waals surface area contributed by atoms with E-state index in [1.165, 1.54) is 13.8 Å². The van der Waals surface area contributed by atoms with Crippen LogP contribution in [0.3, 0.4) is 0 Å². The molecule has 2 aliphatic rings. The molecule has 2 heterocycles. The van der Waals surface area contributed by atoms with Crippen molar-refractivity contribution in [1.82, 2.24) is 21.3 Å². The lowest BCUT2D eigenvalue weighted by Gasteiger charge is -2.23. The van der Waals surface area contributed by atoms with E-state index in [0.717, 1.165) is 0 Å². The largest absolute Gasteiger partial charge is 0.458 e. The summed E-state index contributed by atoms with van der Waals surface area (Å²) in [5.74, 6) is 0.857. The minimum Gasteiger partial charge on any atom is -0.458 e. The van der Waals surface area contributed by atoms with E-state index in [0.29, 0.717) is 22.6 Å². The van der Waals surface area contributed by atoms with Crippen LogP contribution in [0.1, 0.15) is 37.1 Å². The van der Waals surface area contributed by atoms with Gasteiger partial charge in [-0.15, -0.1) is 0 Å². The Kier molecular flexibility index (Phi) is 6.90. The number of ether oxygens (including phenoxy) is 2. The Balaban J connectivity index is 1.37. The summed E-state index contributed by atoms with van der Waals surface area (Å²) in [4.78, 5) is 45.4. The molecule has 0 saturated heterocycles. The predicted octanol–water partition coefficient (Wildman–Crippen LogP) is 2.83. The summed E-state index contributed by atoms with van der Waals surface area (Å²) in [6.07, 6.45) is 0. The summed E-state index contributed by atoms with van der Waals surface area (Å²) in [6.45, 7) is 2.77. The summed E-state index contributed by atoms with van der Waals surface area (Å²) in [5.41, 5.74) is 1.05. The van der Waals surface area contributed by atoms with E-state index in [-0.39, 0.29) is 29.6 Å². The Morgan fingerprint density at radius 1 is 0.703 bits per heavy atom. The van der Waals surface area contributed by atoms with Gasteiger partial charge in [-0.25, -0.2) is 9.59 Å². The molecule has 2 aliphatic heterocycles. The molecule has 0 bridgehead atoms. The second kappa shape index (κ2) is 10.2. The number of hydrogen-bond acceptors (Lipinski definition) is 8. The molecule has 0 aliphatic carbocycles. The van der Waals surface area contributed by atoms with Crippen molar-refractivity contribution >= 4 is 12.1 Å². The number of hydrogen-bond donors (Lipinski definition) is 4. The second-order valence-electron chi connectivity index (χ2n) is 8.14. The van der Waals surface area contributed by atoms with Crippen molar-refractivity contribution in [3.05, 3.63) is 103 Å². The first-order valence-electron chi connectivity index (χ1n) is 10.9. The fraction of sp³-hybridized carbons (Fsp3) is 0.217. The van der Waals surface area contributed by atoms with E-state index in [4.69, 9.17) is 9.47 Å². The summed E-state index contributed by atoms with van der Waals surface area (Å²) < 4.78 is 11.1. The molecule has 2 aromatic rings. The third-order valence-corrected chi connectivity index (χ3v) is 5.74. The number of carbonyl (C=O) groups excluding carboxylic acids is 2. The Bertz CT molecular complexity index is 1220. The number of allylic oxidation sites excluding steroid dienone is 2. The molecule has 2 unspecified atom stereocenters. The molecular formula is C23H22N6O8. The lowest BCUT2D eigenvalue weighted by Crippen LogP contribution is -2.44. The zero-order valence-corrected chi connectivity index (χ0v) is 19.6. The highest BCUT2D eigenvalue weighted by Gasteiger charge is 2.36. The van der Waals surface area contributed by atoms with Gasteiger partial charge in [-0.1, -0.05) is 24.3 Å². The summed E-state index contributed by atoms with van der Waals surface area (Å²) in [7, 11) is 0. The fourth-order valence-corrected chi connectivity index (χ4v) is 4.02. The minimum atomic E-state index is -0.910. The fourth-order valence-electron chi connectivity index (χ4n) is 4.02. The lowest BCUT2D eigenvalue weighted by atomic mass is 10.0. The first-order chi connectivity index (χ1) is 17.6. The molecular weight excluding hydrogens is 488 g/mol. The predicted molar refractivity (Wildman–Crippen MR) is 127 cm³/mol. The number of amides is 4. The van der Waals surface area contributed by atoms with Crippen LogP contribution < -0.4 is 30.7 Å². The number of rotatable bonds is 8. The molecule has 14 nitrogen and oxygen atoms in total. The quantitative estimate of drug-likeness (QED) is 0.237. The van der Waals surface area contributed by atoms with E-state index in [2.05, 4.69) is 21.3 Å². The van der Waals surface area contributed by atoms with Gasteiger partial charge in [0, 0.05) is 0 Å². The lowest BCUT2D eigenvalue weighted by molar-refractivity contribution is -0.433. The van der Waals surface area contributed by atoms with Crippen LogP contribution in [-0.4, -0.2) is 28.7 Å². The van der Waals surface area contributed by atoms with Gasteiger partial charge >= 0.3 is 12.1 Å². The molecule has 192 valence electrons. The summed E-state index contributed by atoms with van der Waals surface area (Å²) in [5, 5.41) is 32.8. The van der Waals surface area contributed by atoms with Gasteiger partial charge in [0.1, 0.15) is 23.6 Å². The average Bonchev–Trinajstić information content (AvgIpc) is 2.83. The molecule has 37 heavy (non-hydrogen) atoms. The standard InChI is InChI=1S/C23H22N6O8/c1-12-20(28(32)33)18(26-22(30)24-12)14-3-7-16(8-4-14)36-11-37-17-9-5-15(6-10-17)19-21(29(34)35)13(2)25-23(31)27-19/h3-10,18-19H,11H2,1-2H3,(H2,24,26,30)(H2,25,27,31). The van der Waals surface area contributed by atoms with Gasteiger partial charge in [0.15, 0.2) is 0 Å². The van der Waals surface area contributed by atoms with Crippen molar-refractivity contribution in [2.24, 2.45) is 0 Å². The van der Waals surface area contributed by atoms with Gasteiger partial charge in [-0.05, 0) is 49.2 Å². The van der Waals surface area contributed by atoms with Crippen LogP contribution in [0.5, 0.6) is 11.5 Å². The molecule has 0 spiro atoms. The number of benzene rings is 2. The minimum absolute atomic E-state index is 0.153. The summed E-state index contributed by atoms with van der Waals surface area (Å²) in [6, 6.07) is 9.91. The van der Waals surface area contributed by atoms with Crippen LogP contribution in [0.15, 0.2) is 71.3 Å². The Morgan fingerprint density at radius 3 is 1.38 bits per heavy atom. The van der Waals surface area contributed by atoms with Crippen molar-refractivity contribution in [3.63, 3.8) is 0 Å². The normalized spacial score (nSPS) is 19.3. The van der Waals surface area contributed by atoms with Crippen molar-refractivity contribution in [2.45, 2.75) is 25.9 Å². The van der Waals surface area contributed by atoms with Crippen molar-refractivity contribution in [1.29, 1.82) is 0 Å². The van der Waals surface area contributed by atoms with Gasteiger partial charge in [-0.2, -0.15) is 0 Å². The molecule has 4 rings (SSSR count). The number of nitro groups is 2. The zero-order valence-electron chi connectivity index (χ0n) is 19.6. The Labute approximate surface area is 209 Å². The van der Waals surface area contributed by atoms with Crippen LogP contribution in [0.25, 0.3) is 0 Å². The first kappa shape index (κ1) is 25.0. The molecule has 2 aromatic carbocycles. The van der Waals surface area contributed by atoms with Crippen LogP contribution in [0, 0.1) is 20.2 Å². The topological polar surface area (TPSA) is 187 Å². The maximum atomic E-state index is 11.8. The SMILES string of the molecule is CC1=C([N+](=O)[O-])C(c2ccc(OCOc3ccc(C4NC(=O)NC(C)=C4[N+](=O)[O-])cc3)cc2)NC(=O)N1. The van der Waals surface area contributed by atoms with E-state index < -0.39 is 34.0 Å². The van der Waals surface area contributed by atoms with E-state index in [1.54, 1.807) is 48.5 Å². The summed E-state index contributed by atoms with van der Waals surface area (Å²) >= 11 is 0. The van der Waals surface area contributed by atoms with Gasteiger partial charge in [0.25, 0.3) is 11.4 Å². The molecule has 4 N–H and O–H groups in total. The maximum Gasteiger partial charge on any atom is 0.320 e. The van der Waals surface area contributed by atoms with E-state index in [1.807, 2.05) is 0 Å². The van der Waals surface area contributed by atoms with Gasteiger partial charge < -0.3 is 30.7 Å².